The lowest BCUT2D eigenvalue weighted by molar-refractivity contribution is 0.393. The fraction of sp³-hybridized carbons (Fsp3) is 0.538. The van der Waals surface area contributed by atoms with E-state index in [1.165, 1.54) is 0 Å². The molecule has 1 aliphatic carbocycles. The maximum Gasteiger partial charge on any atom is 0.126 e. The summed E-state index contributed by atoms with van der Waals surface area (Å²) in [6.07, 6.45) is 1.03. The monoisotopic (exact) mass is 205 g/mol. The Morgan fingerprint density at radius 2 is 1.93 bits per heavy atom. The van der Waals surface area contributed by atoms with Crippen molar-refractivity contribution in [1.29, 1.82) is 0 Å². The Morgan fingerprint density at radius 1 is 1.33 bits per heavy atom. The summed E-state index contributed by atoms with van der Waals surface area (Å²) in [6.45, 7) is 6.46. The van der Waals surface area contributed by atoms with Crippen molar-refractivity contribution in [2.75, 3.05) is 7.11 Å². The molecule has 0 radical (unpaired) electrons. The highest BCUT2D eigenvalue weighted by Gasteiger charge is 2.60. The maximum absolute atomic E-state index is 6.41. The molecule has 1 atom stereocenters. The molecule has 15 heavy (non-hydrogen) atoms. The second-order valence-corrected chi connectivity index (χ2v) is 5.19. The lowest BCUT2D eigenvalue weighted by Gasteiger charge is -2.20. The van der Waals surface area contributed by atoms with Crippen LogP contribution in [-0.2, 0) is 5.54 Å². The first-order valence-electron chi connectivity index (χ1n) is 5.35. The first kappa shape index (κ1) is 10.5. The molecule has 1 aromatic carbocycles. The van der Waals surface area contributed by atoms with Crippen LogP contribution in [-0.4, -0.2) is 7.11 Å². The number of benzene rings is 1. The van der Waals surface area contributed by atoms with Crippen molar-refractivity contribution in [1.82, 2.24) is 0 Å². The minimum atomic E-state index is -0.204. The molecule has 1 fully saturated rings. The topological polar surface area (TPSA) is 35.2 Å². The van der Waals surface area contributed by atoms with Crippen molar-refractivity contribution in [2.24, 2.45) is 11.1 Å². The van der Waals surface area contributed by atoms with E-state index in [0.29, 0.717) is 0 Å². The summed E-state index contributed by atoms with van der Waals surface area (Å²) in [5, 5.41) is 0. The van der Waals surface area contributed by atoms with E-state index >= 15 is 0 Å². The van der Waals surface area contributed by atoms with Crippen molar-refractivity contribution in [3.63, 3.8) is 0 Å². The van der Waals surface area contributed by atoms with E-state index in [2.05, 4.69) is 39.0 Å². The van der Waals surface area contributed by atoms with Gasteiger partial charge >= 0.3 is 0 Å². The second kappa shape index (κ2) is 2.99. The quantitative estimate of drug-likeness (QED) is 0.805. The van der Waals surface area contributed by atoms with Gasteiger partial charge in [-0.25, -0.2) is 0 Å². The number of nitrogens with two attached hydrogens (primary N) is 1. The van der Waals surface area contributed by atoms with Crippen LogP contribution in [0.5, 0.6) is 5.75 Å². The normalized spacial score (nSPS) is 27.5. The molecule has 1 unspecified atom stereocenters. The van der Waals surface area contributed by atoms with Crippen molar-refractivity contribution in [2.45, 2.75) is 32.7 Å². The summed E-state index contributed by atoms with van der Waals surface area (Å²) in [5.74, 6) is 0.950. The Morgan fingerprint density at radius 3 is 2.40 bits per heavy atom. The standard InChI is InChI=1S/C13H19NO/c1-9-6-5-7-10(11(9)15-4)13(14)8-12(13,2)3/h5-7H,8,14H2,1-4H3. The Labute approximate surface area is 91.4 Å². The maximum atomic E-state index is 6.41. The fourth-order valence-electron chi connectivity index (χ4n) is 2.39. The highest BCUT2D eigenvalue weighted by atomic mass is 16.5. The molecule has 1 saturated carbocycles. The van der Waals surface area contributed by atoms with Crippen LogP contribution in [0.1, 0.15) is 31.4 Å². The predicted octanol–water partition coefficient (Wildman–Crippen LogP) is 2.59. The third kappa shape index (κ3) is 1.36. The van der Waals surface area contributed by atoms with Gasteiger partial charge < -0.3 is 10.5 Å². The highest BCUT2D eigenvalue weighted by Crippen LogP contribution is 2.62. The number of ether oxygens (including phenoxy) is 1. The molecule has 0 aliphatic heterocycles. The van der Waals surface area contributed by atoms with E-state index in [4.69, 9.17) is 10.5 Å². The summed E-state index contributed by atoms with van der Waals surface area (Å²) in [6, 6.07) is 6.19. The van der Waals surface area contributed by atoms with Crippen LogP contribution in [0, 0.1) is 12.3 Å². The number of rotatable bonds is 2. The van der Waals surface area contributed by atoms with Gasteiger partial charge in [-0.2, -0.15) is 0 Å². The third-order valence-electron chi connectivity index (χ3n) is 3.70. The predicted molar refractivity (Wildman–Crippen MR) is 62.0 cm³/mol. The number of hydrogen-bond acceptors (Lipinski definition) is 2. The molecule has 1 aliphatic rings. The first-order valence-corrected chi connectivity index (χ1v) is 5.35. The molecular weight excluding hydrogens is 186 g/mol. The molecule has 2 N–H and O–H groups in total. The van der Waals surface area contributed by atoms with Gasteiger partial charge in [-0.1, -0.05) is 32.0 Å². The van der Waals surface area contributed by atoms with Gasteiger partial charge in [0.2, 0.25) is 0 Å². The average molecular weight is 205 g/mol. The van der Waals surface area contributed by atoms with E-state index in [1.807, 2.05) is 0 Å². The van der Waals surface area contributed by atoms with E-state index in [1.54, 1.807) is 7.11 Å². The molecule has 0 bridgehead atoms. The van der Waals surface area contributed by atoms with Crippen molar-refractivity contribution >= 4 is 0 Å². The summed E-state index contributed by atoms with van der Waals surface area (Å²) < 4.78 is 5.46. The largest absolute Gasteiger partial charge is 0.496 e. The molecule has 2 rings (SSSR count). The summed E-state index contributed by atoms with van der Waals surface area (Å²) in [4.78, 5) is 0. The second-order valence-electron chi connectivity index (χ2n) is 5.19. The summed E-state index contributed by atoms with van der Waals surface area (Å²) in [5.41, 5.74) is 8.70. The van der Waals surface area contributed by atoms with Crippen LogP contribution in [0.2, 0.25) is 0 Å². The van der Waals surface area contributed by atoms with Gasteiger partial charge in [0.15, 0.2) is 0 Å². The van der Waals surface area contributed by atoms with E-state index in [-0.39, 0.29) is 11.0 Å². The zero-order chi connectivity index (χ0) is 11.3. The molecule has 2 heteroatoms. The molecular formula is C13H19NO. The SMILES string of the molecule is COc1c(C)cccc1C1(N)CC1(C)C. The number of hydrogen-bond donors (Lipinski definition) is 1. The number of para-hydroxylation sites is 1. The Kier molecular flexibility index (Phi) is 2.09. The minimum Gasteiger partial charge on any atom is -0.496 e. The smallest absolute Gasteiger partial charge is 0.126 e. The minimum absolute atomic E-state index is 0.189. The average Bonchev–Trinajstić information content (AvgIpc) is 2.67. The van der Waals surface area contributed by atoms with Gasteiger partial charge in [-0.05, 0) is 24.3 Å². The Hall–Kier alpha value is -1.02. The number of aryl methyl sites for hydroxylation is 1. The van der Waals surface area contributed by atoms with Gasteiger partial charge in [0.1, 0.15) is 5.75 Å². The van der Waals surface area contributed by atoms with Crippen LogP contribution >= 0.6 is 0 Å². The molecule has 0 aromatic heterocycles. The van der Waals surface area contributed by atoms with E-state index < -0.39 is 0 Å². The molecule has 2 nitrogen and oxygen atoms in total. The zero-order valence-corrected chi connectivity index (χ0v) is 9.92. The lowest BCUT2D eigenvalue weighted by Crippen LogP contribution is -2.26. The zero-order valence-electron chi connectivity index (χ0n) is 9.92. The van der Waals surface area contributed by atoms with E-state index in [0.717, 1.165) is 23.3 Å². The molecule has 0 saturated heterocycles. The van der Waals surface area contributed by atoms with Crippen LogP contribution in [0.15, 0.2) is 18.2 Å². The van der Waals surface area contributed by atoms with Gasteiger partial charge in [-0.15, -0.1) is 0 Å². The van der Waals surface area contributed by atoms with Crippen LogP contribution < -0.4 is 10.5 Å². The van der Waals surface area contributed by atoms with Crippen molar-refractivity contribution in [3.05, 3.63) is 29.3 Å². The van der Waals surface area contributed by atoms with Crippen LogP contribution in [0.4, 0.5) is 0 Å². The van der Waals surface area contributed by atoms with Crippen molar-refractivity contribution in [3.8, 4) is 5.75 Å². The Balaban J connectivity index is 2.51. The van der Waals surface area contributed by atoms with Gasteiger partial charge in [0, 0.05) is 5.56 Å². The molecule has 0 heterocycles. The molecule has 0 spiro atoms. The lowest BCUT2D eigenvalue weighted by atomic mass is 9.94. The Bertz CT molecular complexity index is 398. The van der Waals surface area contributed by atoms with Gasteiger partial charge in [0.25, 0.3) is 0 Å². The summed E-state index contributed by atoms with van der Waals surface area (Å²) in [7, 11) is 1.71. The fourth-order valence-corrected chi connectivity index (χ4v) is 2.39. The molecule has 82 valence electrons. The van der Waals surface area contributed by atoms with Gasteiger partial charge in [0.05, 0.1) is 12.6 Å². The van der Waals surface area contributed by atoms with Gasteiger partial charge in [-0.3, -0.25) is 0 Å². The van der Waals surface area contributed by atoms with Crippen LogP contribution in [0.3, 0.4) is 0 Å². The molecule has 0 amide bonds. The summed E-state index contributed by atoms with van der Waals surface area (Å²) >= 11 is 0. The highest BCUT2D eigenvalue weighted by molar-refractivity contribution is 5.49. The third-order valence-corrected chi connectivity index (χ3v) is 3.70. The van der Waals surface area contributed by atoms with Crippen molar-refractivity contribution < 1.29 is 4.74 Å². The first-order chi connectivity index (χ1) is 6.92. The molecule has 1 aromatic rings. The van der Waals surface area contributed by atoms with Crippen LogP contribution in [0.25, 0.3) is 0 Å². The number of methoxy groups -OCH3 is 1. The van der Waals surface area contributed by atoms with E-state index in [9.17, 15) is 0 Å².